The zero-order valence-corrected chi connectivity index (χ0v) is 12.3. The molecule has 1 fully saturated rings. The van der Waals surface area contributed by atoms with E-state index in [1.165, 1.54) is 11.1 Å². The van der Waals surface area contributed by atoms with E-state index < -0.39 is 0 Å². The summed E-state index contributed by atoms with van der Waals surface area (Å²) in [4.78, 5) is 0. The number of aliphatic hydroxyl groups is 1. The van der Waals surface area contributed by atoms with Crippen molar-refractivity contribution in [2.75, 3.05) is 13.2 Å². The summed E-state index contributed by atoms with van der Waals surface area (Å²) in [6.07, 6.45) is 5.37. The predicted octanol–water partition coefficient (Wildman–Crippen LogP) is 2.96. The maximum absolute atomic E-state index is 9.95. The van der Waals surface area contributed by atoms with E-state index >= 15 is 0 Å². The summed E-state index contributed by atoms with van der Waals surface area (Å²) >= 11 is 0. The van der Waals surface area contributed by atoms with Crippen molar-refractivity contribution in [2.24, 2.45) is 5.92 Å². The molecule has 1 aromatic rings. The number of ether oxygens (including phenoxy) is 1. The highest BCUT2D eigenvalue weighted by atomic mass is 16.5. The fourth-order valence-electron chi connectivity index (χ4n) is 3.52. The van der Waals surface area contributed by atoms with Crippen molar-refractivity contribution in [1.82, 2.24) is 5.32 Å². The molecule has 110 valence electrons. The van der Waals surface area contributed by atoms with E-state index in [-0.39, 0.29) is 6.10 Å². The molecular formula is C17H25NO2. The fraction of sp³-hybridized carbons (Fsp3) is 0.647. The van der Waals surface area contributed by atoms with Gasteiger partial charge in [0.2, 0.25) is 0 Å². The SMILES string of the molecule is Cc1cccc2c1OCCCC2NCC1CCCC1O. The molecule has 3 nitrogen and oxygen atoms in total. The van der Waals surface area contributed by atoms with E-state index in [4.69, 9.17) is 4.74 Å². The lowest BCUT2D eigenvalue weighted by Crippen LogP contribution is -2.30. The van der Waals surface area contributed by atoms with Crippen LogP contribution in [0.15, 0.2) is 18.2 Å². The molecule has 1 heterocycles. The van der Waals surface area contributed by atoms with Crippen molar-refractivity contribution >= 4 is 0 Å². The Hall–Kier alpha value is -1.06. The quantitative estimate of drug-likeness (QED) is 0.891. The van der Waals surface area contributed by atoms with Crippen molar-refractivity contribution in [2.45, 2.75) is 51.2 Å². The summed E-state index contributed by atoms with van der Waals surface area (Å²) < 4.78 is 5.91. The van der Waals surface area contributed by atoms with Gasteiger partial charge in [0.25, 0.3) is 0 Å². The van der Waals surface area contributed by atoms with Crippen LogP contribution in [0.1, 0.15) is 49.3 Å². The van der Waals surface area contributed by atoms with Gasteiger partial charge in [-0.3, -0.25) is 0 Å². The Bertz CT molecular complexity index is 460. The number of aliphatic hydroxyl groups excluding tert-OH is 1. The lowest BCUT2D eigenvalue weighted by Gasteiger charge is -2.22. The highest BCUT2D eigenvalue weighted by Gasteiger charge is 2.27. The van der Waals surface area contributed by atoms with Gasteiger partial charge in [0.05, 0.1) is 12.7 Å². The standard InChI is InChI=1S/C17H25NO2/c1-12-5-2-7-14-15(8-4-10-20-17(12)14)18-11-13-6-3-9-16(13)19/h2,5,7,13,15-16,18-19H,3-4,6,8-11H2,1H3. The number of para-hydroxylation sites is 1. The summed E-state index contributed by atoms with van der Waals surface area (Å²) in [6, 6.07) is 6.76. The van der Waals surface area contributed by atoms with Crippen molar-refractivity contribution in [3.05, 3.63) is 29.3 Å². The van der Waals surface area contributed by atoms with E-state index in [0.29, 0.717) is 12.0 Å². The van der Waals surface area contributed by atoms with E-state index in [2.05, 4.69) is 30.4 Å². The van der Waals surface area contributed by atoms with Crippen LogP contribution in [0.25, 0.3) is 0 Å². The molecule has 2 N–H and O–H groups in total. The molecule has 2 aliphatic rings. The van der Waals surface area contributed by atoms with Gasteiger partial charge in [-0.1, -0.05) is 24.6 Å². The minimum Gasteiger partial charge on any atom is -0.493 e. The normalized spacial score (nSPS) is 29.6. The van der Waals surface area contributed by atoms with Crippen molar-refractivity contribution in [3.63, 3.8) is 0 Å². The molecule has 0 saturated heterocycles. The molecule has 0 amide bonds. The Morgan fingerprint density at radius 2 is 2.15 bits per heavy atom. The van der Waals surface area contributed by atoms with Gasteiger partial charge in [-0.2, -0.15) is 0 Å². The van der Waals surface area contributed by atoms with Crippen LogP contribution < -0.4 is 10.1 Å². The van der Waals surface area contributed by atoms with Crippen LogP contribution >= 0.6 is 0 Å². The van der Waals surface area contributed by atoms with Crippen LogP contribution in [-0.2, 0) is 0 Å². The van der Waals surface area contributed by atoms with Crippen LogP contribution in [0.3, 0.4) is 0 Å². The molecule has 1 aliphatic heterocycles. The van der Waals surface area contributed by atoms with Crippen LogP contribution in [0.4, 0.5) is 0 Å². The van der Waals surface area contributed by atoms with Crippen molar-refractivity contribution in [3.8, 4) is 5.75 Å². The summed E-state index contributed by atoms with van der Waals surface area (Å²) in [5.74, 6) is 1.49. The number of hydrogen-bond donors (Lipinski definition) is 2. The van der Waals surface area contributed by atoms with Crippen molar-refractivity contribution in [1.29, 1.82) is 0 Å². The Labute approximate surface area is 121 Å². The van der Waals surface area contributed by atoms with Crippen LogP contribution in [0, 0.1) is 12.8 Å². The first-order valence-electron chi connectivity index (χ1n) is 7.89. The minimum absolute atomic E-state index is 0.110. The highest BCUT2D eigenvalue weighted by Crippen LogP contribution is 2.34. The molecular weight excluding hydrogens is 250 g/mol. The average molecular weight is 275 g/mol. The van der Waals surface area contributed by atoms with Gasteiger partial charge in [0.1, 0.15) is 5.75 Å². The molecule has 0 spiro atoms. The van der Waals surface area contributed by atoms with Crippen LogP contribution in [-0.4, -0.2) is 24.4 Å². The molecule has 1 aromatic carbocycles. The zero-order valence-electron chi connectivity index (χ0n) is 12.3. The molecule has 0 aromatic heterocycles. The zero-order chi connectivity index (χ0) is 13.9. The maximum Gasteiger partial charge on any atom is 0.126 e. The minimum atomic E-state index is -0.110. The number of hydrogen-bond acceptors (Lipinski definition) is 3. The topological polar surface area (TPSA) is 41.5 Å². The van der Waals surface area contributed by atoms with Crippen LogP contribution in [0.2, 0.25) is 0 Å². The second-order valence-electron chi connectivity index (χ2n) is 6.20. The first-order chi connectivity index (χ1) is 9.75. The Kier molecular flexibility index (Phi) is 4.27. The lowest BCUT2D eigenvalue weighted by molar-refractivity contribution is 0.129. The first kappa shape index (κ1) is 13.9. The van der Waals surface area contributed by atoms with Gasteiger partial charge in [-0.05, 0) is 44.1 Å². The summed E-state index contributed by atoms with van der Waals surface area (Å²) in [5.41, 5.74) is 2.51. The molecule has 20 heavy (non-hydrogen) atoms. The van der Waals surface area contributed by atoms with Gasteiger partial charge in [0.15, 0.2) is 0 Å². The Morgan fingerprint density at radius 1 is 1.25 bits per heavy atom. The van der Waals surface area contributed by atoms with E-state index in [9.17, 15) is 5.11 Å². The van der Waals surface area contributed by atoms with E-state index in [1.54, 1.807) is 0 Å². The smallest absolute Gasteiger partial charge is 0.126 e. The van der Waals surface area contributed by atoms with Gasteiger partial charge < -0.3 is 15.2 Å². The lowest BCUT2D eigenvalue weighted by atomic mass is 9.98. The maximum atomic E-state index is 9.95. The third-order valence-corrected chi connectivity index (χ3v) is 4.75. The fourth-order valence-corrected chi connectivity index (χ4v) is 3.52. The first-order valence-corrected chi connectivity index (χ1v) is 7.89. The number of benzene rings is 1. The number of aryl methyl sites for hydroxylation is 1. The molecule has 1 aliphatic carbocycles. The largest absolute Gasteiger partial charge is 0.493 e. The number of nitrogens with one attached hydrogen (secondary N) is 1. The predicted molar refractivity (Wildman–Crippen MR) is 80.0 cm³/mol. The van der Waals surface area contributed by atoms with Gasteiger partial charge in [0, 0.05) is 18.2 Å². The molecule has 3 rings (SSSR count). The molecule has 3 unspecified atom stereocenters. The van der Waals surface area contributed by atoms with Gasteiger partial charge in [-0.25, -0.2) is 0 Å². The average Bonchev–Trinajstić information content (AvgIpc) is 2.73. The Morgan fingerprint density at radius 3 is 2.95 bits per heavy atom. The summed E-state index contributed by atoms with van der Waals surface area (Å²) in [7, 11) is 0. The molecule has 3 atom stereocenters. The van der Waals surface area contributed by atoms with Crippen LogP contribution in [0.5, 0.6) is 5.75 Å². The molecule has 1 saturated carbocycles. The second kappa shape index (κ2) is 6.15. The molecule has 0 bridgehead atoms. The Balaban J connectivity index is 1.72. The van der Waals surface area contributed by atoms with Gasteiger partial charge >= 0.3 is 0 Å². The molecule has 0 radical (unpaired) electrons. The van der Waals surface area contributed by atoms with Gasteiger partial charge in [-0.15, -0.1) is 0 Å². The summed E-state index contributed by atoms with van der Waals surface area (Å²) in [6.45, 7) is 3.84. The summed E-state index contributed by atoms with van der Waals surface area (Å²) in [5, 5.41) is 13.6. The highest BCUT2D eigenvalue weighted by molar-refractivity contribution is 5.43. The number of rotatable bonds is 3. The third-order valence-electron chi connectivity index (χ3n) is 4.75. The number of fused-ring (bicyclic) bond motifs is 1. The third kappa shape index (κ3) is 2.84. The second-order valence-corrected chi connectivity index (χ2v) is 6.20. The monoisotopic (exact) mass is 275 g/mol. The van der Waals surface area contributed by atoms with E-state index in [0.717, 1.165) is 51.0 Å². The van der Waals surface area contributed by atoms with Crippen molar-refractivity contribution < 1.29 is 9.84 Å². The molecule has 3 heteroatoms. The van der Waals surface area contributed by atoms with E-state index in [1.807, 2.05) is 0 Å².